The predicted molar refractivity (Wildman–Crippen MR) is 74.5 cm³/mol. The minimum absolute atomic E-state index is 0.299. The number of nitrogens with zero attached hydrogens (tertiary/aromatic N) is 4. The predicted octanol–water partition coefficient (Wildman–Crippen LogP) is 2.97. The van der Waals surface area contributed by atoms with Crippen LogP contribution in [-0.4, -0.2) is 26.8 Å². The van der Waals surface area contributed by atoms with Gasteiger partial charge in [-0.05, 0) is 39.2 Å². The Labute approximate surface area is 123 Å². The summed E-state index contributed by atoms with van der Waals surface area (Å²) in [5.41, 5.74) is 1.02. The Bertz CT molecular complexity index is 617. The molecule has 2 aliphatic rings. The molecule has 0 spiro atoms. The van der Waals surface area contributed by atoms with Crippen molar-refractivity contribution in [3.05, 3.63) is 29.3 Å². The molecule has 1 atom stereocenters. The molecule has 2 aromatic heterocycles. The number of hydrogen-bond acceptors (Lipinski definition) is 6. The van der Waals surface area contributed by atoms with Crippen LogP contribution in [0.3, 0.4) is 0 Å². The Morgan fingerprint density at radius 3 is 2.90 bits per heavy atom. The molecule has 0 bridgehead atoms. The largest absolute Gasteiger partial charge is 0.424 e. The maximum atomic E-state index is 5.79. The fourth-order valence-electron chi connectivity index (χ4n) is 3.06. The Kier molecular flexibility index (Phi) is 3.25. The van der Waals surface area contributed by atoms with Gasteiger partial charge in [-0.2, -0.15) is 0 Å². The summed E-state index contributed by atoms with van der Waals surface area (Å²) in [6, 6.07) is 2.33. The van der Waals surface area contributed by atoms with Gasteiger partial charge >= 0.3 is 0 Å². The van der Waals surface area contributed by atoms with Crippen molar-refractivity contribution < 1.29 is 8.94 Å². The Hall–Kier alpha value is -1.69. The summed E-state index contributed by atoms with van der Waals surface area (Å²) >= 11 is 0. The van der Waals surface area contributed by atoms with Gasteiger partial charge in [-0.15, -0.1) is 10.2 Å². The van der Waals surface area contributed by atoms with Crippen LogP contribution in [-0.2, 0) is 6.54 Å². The summed E-state index contributed by atoms with van der Waals surface area (Å²) in [4.78, 5) is 2.38. The van der Waals surface area contributed by atoms with E-state index in [1.54, 1.807) is 0 Å². The van der Waals surface area contributed by atoms with Gasteiger partial charge in [0.15, 0.2) is 0 Å². The van der Waals surface area contributed by atoms with Crippen molar-refractivity contribution >= 4 is 0 Å². The minimum atomic E-state index is 0.299. The molecule has 2 fully saturated rings. The van der Waals surface area contributed by atoms with E-state index in [-0.39, 0.29) is 0 Å². The van der Waals surface area contributed by atoms with Crippen molar-refractivity contribution in [1.82, 2.24) is 20.3 Å². The normalized spacial score (nSPS) is 23.6. The molecule has 0 aromatic carbocycles. The first-order valence-electron chi connectivity index (χ1n) is 7.79. The summed E-state index contributed by atoms with van der Waals surface area (Å²) in [5, 5.41) is 12.6. The van der Waals surface area contributed by atoms with Gasteiger partial charge in [0.1, 0.15) is 11.5 Å². The van der Waals surface area contributed by atoms with Crippen LogP contribution in [0.4, 0.5) is 0 Å². The maximum absolute atomic E-state index is 5.79. The third-order valence-corrected chi connectivity index (χ3v) is 4.35. The second-order valence-electron chi connectivity index (χ2n) is 6.15. The van der Waals surface area contributed by atoms with E-state index in [2.05, 4.69) is 20.3 Å². The number of aromatic nitrogens is 3. The fraction of sp³-hybridized carbons (Fsp3) is 0.667. The van der Waals surface area contributed by atoms with E-state index >= 15 is 0 Å². The van der Waals surface area contributed by atoms with Crippen LogP contribution >= 0.6 is 0 Å². The molecule has 2 aromatic rings. The molecule has 0 radical (unpaired) electrons. The number of likely N-dealkylation sites (tertiary alicyclic amines) is 1. The molecule has 6 heteroatoms. The zero-order valence-electron chi connectivity index (χ0n) is 12.3. The Balaban J connectivity index is 1.50. The molecule has 1 aliphatic carbocycles. The first-order valence-corrected chi connectivity index (χ1v) is 7.79. The highest BCUT2D eigenvalue weighted by atomic mass is 16.5. The number of piperidine rings is 1. The second kappa shape index (κ2) is 5.26. The smallest absolute Gasteiger partial charge is 0.230 e. The number of hydrogen-bond donors (Lipinski definition) is 0. The van der Waals surface area contributed by atoms with Crippen LogP contribution < -0.4 is 0 Å². The standard InChI is InChI=1S/C15H20N4O2/c1-10-8-12(18-21-10)13-4-2-3-7-19(13)9-14-16-17-15(20-14)11-5-6-11/h8,11,13H,2-7,9H2,1H3/t13-/m0/s1. The SMILES string of the molecule is Cc1cc([C@@H]2CCCCN2Cc2nnc(C3CC3)o2)no1. The molecular formula is C15H20N4O2. The molecule has 4 rings (SSSR count). The van der Waals surface area contributed by atoms with Gasteiger partial charge < -0.3 is 8.94 Å². The number of aryl methyl sites for hydroxylation is 1. The van der Waals surface area contributed by atoms with E-state index in [1.807, 2.05) is 13.0 Å². The minimum Gasteiger partial charge on any atom is -0.424 e. The quantitative estimate of drug-likeness (QED) is 0.861. The van der Waals surface area contributed by atoms with Gasteiger partial charge in [0.2, 0.25) is 11.8 Å². The summed E-state index contributed by atoms with van der Waals surface area (Å²) in [5.74, 6) is 2.92. The highest BCUT2D eigenvalue weighted by molar-refractivity contribution is 5.10. The summed E-state index contributed by atoms with van der Waals surface area (Å²) in [7, 11) is 0. The van der Waals surface area contributed by atoms with Crippen LogP contribution in [0.5, 0.6) is 0 Å². The second-order valence-corrected chi connectivity index (χ2v) is 6.15. The molecule has 1 aliphatic heterocycles. The monoisotopic (exact) mass is 288 g/mol. The van der Waals surface area contributed by atoms with Gasteiger partial charge in [-0.3, -0.25) is 4.90 Å². The zero-order valence-corrected chi connectivity index (χ0v) is 12.3. The fourth-order valence-corrected chi connectivity index (χ4v) is 3.06. The highest BCUT2D eigenvalue weighted by Gasteiger charge is 2.31. The van der Waals surface area contributed by atoms with E-state index in [0.717, 1.165) is 36.2 Å². The first kappa shape index (κ1) is 13.0. The molecule has 0 N–H and O–H groups in total. The average molecular weight is 288 g/mol. The maximum Gasteiger partial charge on any atom is 0.230 e. The number of rotatable bonds is 4. The summed E-state index contributed by atoms with van der Waals surface area (Å²) < 4.78 is 11.0. The Morgan fingerprint density at radius 1 is 1.24 bits per heavy atom. The van der Waals surface area contributed by atoms with Crippen LogP contribution in [0.2, 0.25) is 0 Å². The highest BCUT2D eigenvalue weighted by Crippen LogP contribution is 2.39. The van der Waals surface area contributed by atoms with Gasteiger partial charge in [-0.25, -0.2) is 0 Å². The lowest BCUT2D eigenvalue weighted by Gasteiger charge is -2.33. The van der Waals surface area contributed by atoms with Crippen LogP contribution in [0.1, 0.15) is 67.3 Å². The third-order valence-electron chi connectivity index (χ3n) is 4.35. The van der Waals surface area contributed by atoms with Gasteiger partial charge in [0.25, 0.3) is 0 Å². The van der Waals surface area contributed by atoms with Crippen molar-refractivity contribution in [3.8, 4) is 0 Å². The van der Waals surface area contributed by atoms with E-state index in [0.29, 0.717) is 18.5 Å². The van der Waals surface area contributed by atoms with Crippen LogP contribution in [0.15, 0.2) is 15.0 Å². The summed E-state index contributed by atoms with van der Waals surface area (Å²) in [6.07, 6.45) is 5.91. The van der Waals surface area contributed by atoms with Gasteiger partial charge in [0, 0.05) is 12.0 Å². The zero-order chi connectivity index (χ0) is 14.2. The molecule has 6 nitrogen and oxygen atoms in total. The molecular weight excluding hydrogens is 268 g/mol. The molecule has 112 valence electrons. The van der Waals surface area contributed by atoms with Crippen molar-refractivity contribution in [3.63, 3.8) is 0 Å². The van der Waals surface area contributed by atoms with Gasteiger partial charge in [0.05, 0.1) is 12.6 Å². The molecule has 1 saturated heterocycles. The lowest BCUT2D eigenvalue weighted by molar-refractivity contribution is 0.121. The molecule has 3 heterocycles. The molecule has 1 saturated carbocycles. The third kappa shape index (κ3) is 2.72. The van der Waals surface area contributed by atoms with Crippen molar-refractivity contribution in [2.24, 2.45) is 0 Å². The topological polar surface area (TPSA) is 68.2 Å². The van der Waals surface area contributed by atoms with E-state index in [1.165, 1.54) is 25.7 Å². The average Bonchev–Trinajstić information content (AvgIpc) is 3.09. The van der Waals surface area contributed by atoms with Gasteiger partial charge in [-0.1, -0.05) is 11.6 Å². The van der Waals surface area contributed by atoms with Crippen LogP contribution in [0.25, 0.3) is 0 Å². The first-order chi connectivity index (χ1) is 10.3. The van der Waals surface area contributed by atoms with Crippen LogP contribution in [0, 0.1) is 6.92 Å². The molecule has 0 amide bonds. The van der Waals surface area contributed by atoms with E-state index in [9.17, 15) is 0 Å². The Morgan fingerprint density at radius 2 is 2.14 bits per heavy atom. The summed E-state index contributed by atoms with van der Waals surface area (Å²) in [6.45, 7) is 3.68. The van der Waals surface area contributed by atoms with Crippen molar-refractivity contribution in [2.45, 2.75) is 57.5 Å². The molecule has 21 heavy (non-hydrogen) atoms. The van der Waals surface area contributed by atoms with E-state index < -0.39 is 0 Å². The molecule has 0 unspecified atom stereocenters. The lowest BCUT2D eigenvalue weighted by Crippen LogP contribution is -2.33. The van der Waals surface area contributed by atoms with Crippen molar-refractivity contribution in [1.29, 1.82) is 0 Å². The van der Waals surface area contributed by atoms with E-state index in [4.69, 9.17) is 8.94 Å². The lowest BCUT2D eigenvalue weighted by atomic mass is 9.99. The van der Waals surface area contributed by atoms with Crippen molar-refractivity contribution in [2.75, 3.05) is 6.54 Å².